The van der Waals surface area contributed by atoms with Crippen LogP contribution in [0.25, 0.3) is 0 Å². The van der Waals surface area contributed by atoms with Gasteiger partial charge in [0.2, 0.25) is 0 Å². The summed E-state index contributed by atoms with van der Waals surface area (Å²) in [7, 11) is 0. The average molecular weight is 359 g/mol. The summed E-state index contributed by atoms with van der Waals surface area (Å²) in [6.07, 6.45) is 3.22. The number of amides is 1. The molecular weight excluding hydrogens is 340 g/mol. The molecule has 0 fully saturated rings. The third kappa shape index (κ3) is 3.39. The quantitative estimate of drug-likeness (QED) is 0.877. The lowest BCUT2D eigenvalue weighted by atomic mass is 9.84. The molecule has 1 aliphatic rings. The molecule has 3 N–H and O–H groups in total. The van der Waals surface area contributed by atoms with Crippen molar-refractivity contribution in [3.05, 3.63) is 63.6 Å². The number of fused-ring (bicyclic) bond motifs is 1. The van der Waals surface area contributed by atoms with Crippen LogP contribution in [0.3, 0.4) is 0 Å². The number of hydrogen-bond donors (Lipinski definition) is 2. The van der Waals surface area contributed by atoms with E-state index in [1.165, 1.54) is 11.1 Å². The van der Waals surface area contributed by atoms with Crippen molar-refractivity contribution in [2.45, 2.75) is 19.3 Å². The van der Waals surface area contributed by atoms with E-state index >= 15 is 0 Å². The van der Waals surface area contributed by atoms with Gasteiger partial charge in [-0.15, -0.1) is 0 Å². The molecule has 0 radical (unpaired) electrons. The standard InChI is InChI=1S/C18H19BrN2O/c19-16-3-1-2-15(9-16)18(22)21-17-7-6-13-8-12(11-20)4-5-14(13)10-17/h1-3,6-7,9-10,12H,4-5,8,11,20H2,(H,21,22). The Hall–Kier alpha value is -1.65. The fraction of sp³-hybridized carbons (Fsp3) is 0.278. The van der Waals surface area contributed by atoms with Crippen LogP contribution in [0.15, 0.2) is 46.9 Å². The molecular formula is C18H19BrN2O. The average Bonchev–Trinajstić information content (AvgIpc) is 2.54. The summed E-state index contributed by atoms with van der Waals surface area (Å²) < 4.78 is 0.901. The minimum Gasteiger partial charge on any atom is -0.330 e. The molecule has 114 valence electrons. The normalized spacial score (nSPS) is 16.9. The lowest BCUT2D eigenvalue weighted by Gasteiger charge is -2.24. The highest BCUT2D eigenvalue weighted by atomic mass is 79.9. The predicted molar refractivity (Wildman–Crippen MR) is 93.1 cm³/mol. The van der Waals surface area contributed by atoms with Crippen molar-refractivity contribution in [3.63, 3.8) is 0 Å². The van der Waals surface area contributed by atoms with E-state index in [4.69, 9.17) is 5.73 Å². The van der Waals surface area contributed by atoms with E-state index in [9.17, 15) is 4.79 Å². The molecule has 0 aliphatic heterocycles. The number of hydrogen-bond acceptors (Lipinski definition) is 2. The van der Waals surface area contributed by atoms with Gasteiger partial charge in [0.05, 0.1) is 0 Å². The van der Waals surface area contributed by atoms with Crippen LogP contribution in [-0.4, -0.2) is 12.5 Å². The fourth-order valence-electron chi connectivity index (χ4n) is 2.94. The van der Waals surface area contributed by atoms with Gasteiger partial charge in [0.1, 0.15) is 0 Å². The Morgan fingerprint density at radius 2 is 2.09 bits per heavy atom. The van der Waals surface area contributed by atoms with Crippen LogP contribution < -0.4 is 11.1 Å². The zero-order valence-electron chi connectivity index (χ0n) is 12.3. The van der Waals surface area contributed by atoms with Crippen molar-refractivity contribution in [2.24, 2.45) is 11.7 Å². The van der Waals surface area contributed by atoms with Gasteiger partial charge < -0.3 is 11.1 Å². The van der Waals surface area contributed by atoms with Crippen molar-refractivity contribution in [2.75, 3.05) is 11.9 Å². The van der Waals surface area contributed by atoms with E-state index < -0.39 is 0 Å². The molecule has 3 nitrogen and oxygen atoms in total. The number of carbonyl (C=O) groups excluding carboxylic acids is 1. The van der Waals surface area contributed by atoms with E-state index in [1.54, 1.807) is 0 Å². The Morgan fingerprint density at radius 1 is 1.23 bits per heavy atom. The molecule has 2 aromatic carbocycles. The second-order valence-electron chi connectivity index (χ2n) is 5.79. The maximum Gasteiger partial charge on any atom is 0.255 e. The summed E-state index contributed by atoms with van der Waals surface area (Å²) in [5.74, 6) is 0.506. The van der Waals surface area contributed by atoms with E-state index in [0.29, 0.717) is 11.5 Å². The van der Waals surface area contributed by atoms with E-state index in [0.717, 1.165) is 36.0 Å². The molecule has 1 aliphatic carbocycles. The summed E-state index contributed by atoms with van der Waals surface area (Å²) in [5, 5.41) is 2.98. The highest BCUT2D eigenvalue weighted by Crippen LogP contribution is 2.27. The molecule has 2 aromatic rings. The van der Waals surface area contributed by atoms with Gasteiger partial charge in [-0.2, -0.15) is 0 Å². The topological polar surface area (TPSA) is 55.1 Å². The Morgan fingerprint density at radius 3 is 2.86 bits per heavy atom. The van der Waals surface area contributed by atoms with Crippen LogP contribution >= 0.6 is 15.9 Å². The van der Waals surface area contributed by atoms with E-state index in [1.807, 2.05) is 30.3 Å². The number of halogens is 1. The zero-order valence-corrected chi connectivity index (χ0v) is 13.9. The van der Waals surface area contributed by atoms with Gasteiger partial charge in [0.15, 0.2) is 0 Å². The first-order chi connectivity index (χ1) is 10.7. The maximum atomic E-state index is 12.3. The molecule has 0 saturated heterocycles. The summed E-state index contributed by atoms with van der Waals surface area (Å²) >= 11 is 3.39. The van der Waals surface area contributed by atoms with Crippen LogP contribution in [0.2, 0.25) is 0 Å². The number of nitrogens with one attached hydrogen (secondary N) is 1. The van der Waals surface area contributed by atoms with Gasteiger partial charge in [-0.3, -0.25) is 4.79 Å². The fourth-order valence-corrected chi connectivity index (χ4v) is 3.34. The van der Waals surface area contributed by atoms with Crippen LogP contribution in [-0.2, 0) is 12.8 Å². The smallest absolute Gasteiger partial charge is 0.255 e. The molecule has 0 bridgehead atoms. The van der Waals surface area contributed by atoms with Crippen LogP contribution in [0.5, 0.6) is 0 Å². The van der Waals surface area contributed by atoms with Gasteiger partial charge in [0, 0.05) is 15.7 Å². The molecule has 0 saturated carbocycles. The molecule has 1 unspecified atom stereocenters. The predicted octanol–water partition coefficient (Wildman–Crippen LogP) is 3.77. The van der Waals surface area contributed by atoms with Crippen molar-refractivity contribution in [3.8, 4) is 0 Å². The number of carbonyl (C=O) groups is 1. The third-order valence-corrected chi connectivity index (χ3v) is 4.71. The molecule has 4 heteroatoms. The second kappa shape index (κ2) is 6.63. The lowest BCUT2D eigenvalue weighted by molar-refractivity contribution is 0.102. The van der Waals surface area contributed by atoms with Gasteiger partial charge in [-0.1, -0.05) is 28.1 Å². The van der Waals surface area contributed by atoms with Gasteiger partial charge in [0.25, 0.3) is 5.91 Å². The van der Waals surface area contributed by atoms with E-state index in [-0.39, 0.29) is 5.91 Å². The lowest BCUT2D eigenvalue weighted by Crippen LogP contribution is -2.22. The Labute approximate surface area is 139 Å². The molecule has 1 amide bonds. The number of aryl methyl sites for hydroxylation is 1. The van der Waals surface area contributed by atoms with Gasteiger partial charge >= 0.3 is 0 Å². The van der Waals surface area contributed by atoms with Crippen LogP contribution in [0.1, 0.15) is 27.9 Å². The molecule has 3 rings (SSSR count). The summed E-state index contributed by atoms with van der Waals surface area (Å²) in [6.45, 7) is 0.751. The first-order valence-electron chi connectivity index (χ1n) is 7.54. The largest absolute Gasteiger partial charge is 0.330 e. The van der Waals surface area contributed by atoms with Crippen molar-refractivity contribution >= 4 is 27.5 Å². The Balaban J connectivity index is 1.75. The van der Waals surface area contributed by atoms with Crippen molar-refractivity contribution < 1.29 is 4.79 Å². The summed E-state index contributed by atoms with van der Waals surface area (Å²) in [6, 6.07) is 13.6. The Bertz CT molecular complexity index is 699. The molecule has 0 spiro atoms. The van der Waals surface area contributed by atoms with E-state index in [2.05, 4.69) is 33.4 Å². The van der Waals surface area contributed by atoms with Crippen LogP contribution in [0, 0.1) is 5.92 Å². The van der Waals surface area contributed by atoms with Crippen LogP contribution in [0.4, 0.5) is 5.69 Å². The molecule has 22 heavy (non-hydrogen) atoms. The number of rotatable bonds is 3. The first-order valence-corrected chi connectivity index (χ1v) is 8.34. The highest BCUT2D eigenvalue weighted by molar-refractivity contribution is 9.10. The molecule has 0 heterocycles. The summed E-state index contributed by atoms with van der Waals surface area (Å²) in [5.41, 5.74) is 9.97. The second-order valence-corrected chi connectivity index (χ2v) is 6.71. The number of nitrogens with two attached hydrogens (primary N) is 1. The number of benzene rings is 2. The Kier molecular flexibility index (Phi) is 4.60. The van der Waals surface area contributed by atoms with Crippen molar-refractivity contribution in [1.29, 1.82) is 0 Å². The maximum absolute atomic E-state index is 12.3. The number of anilines is 1. The molecule has 0 aromatic heterocycles. The van der Waals surface area contributed by atoms with Gasteiger partial charge in [-0.25, -0.2) is 0 Å². The summed E-state index contributed by atoms with van der Waals surface area (Å²) in [4.78, 5) is 12.3. The van der Waals surface area contributed by atoms with Crippen molar-refractivity contribution in [1.82, 2.24) is 0 Å². The monoisotopic (exact) mass is 358 g/mol. The third-order valence-electron chi connectivity index (χ3n) is 4.21. The highest BCUT2D eigenvalue weighted by Gasteiger charge is 2.18. The first kappa shape index (κ1) is 15.3. The minimum absolute atomic E-state index is 0.0862. The zero-order chi connectivity index (χ0) is 15.5. The molecule has 1 atom stereocenters. The minimum atomic E-state index is -0.0862. The van der Waals surface area contributed by atoms with Gasteiger partial charge in [-0.05, 0) is 73.2 Å². The SMILES string of the molecule is NCC1CCc2cc(NC(=O)c3cccc(Br)c3)ccc2C1.